The fourth-order valence-corrected chi connectivity index (χ4v) is 3.07. The highest BCUT2D eigenvalue weighted by atomic mass is 35.5. The van der Waals surface area contributed by atoms with Crippen molar-refractivity contribution in [1.29, 1.82) is 0 Å². The molecule has 0 saturated carbocycles. The molecule has 1 fully saturated rings. The molecule has 2 aromatic carbocycles. The third kappa shape index (κ3) is 3.23. The van der Waals surface area contributed by atoms with Crippen molar-refractivity contribution >= 4 is 23.2 Å². The lowest BCUT2D eigenvalue weighted by Crippen LogP contribution is -2.31. The van der Waals surface area contributed by atoms with Gasteiger partial charge in [-0.2, -0.15) is 0 Å². The average molecular weight is 361 g/mol. The van der Waals surface area contributed by atoms with Crippen LogP contribution in [0.1, 0.15) is 31.1 Å². The smallest absolute Gasteiger partial charge is 0.269 e. The summed E-state index contributed by atoms with van der Waals surface area (Å²) >= 11 is 6.16. The minimum absolute atomic E-state index is 0.00111. The first kappa shape index (κ1) is 17.4. The Kier molecular flexibility index (Phi) is 4.49. The molecule has 0 spiro atoms. The molecule has 1 aliphatic rings. The van der Waals surface area contributed by atoms with E-state index in [9.17, 15) is 14.9 Å². The Labute approximate surface area is 150 Å². The normalized spacial score (nSPS) is 19.2. The number of benzene rings is 2. The van der Waals surface area contributed by atoms with Crippen LogP contribution in [-0.4, -0.2) is 15.9 Å². The zero-order valence-corrected chi connectivity index (χ0v) is 14.6. The van der Waals surface area contributed by atoms with Crippen LogP contribution in [0.5, 0.6) is 0 Å². The Hall–Kier alpha value is -2.44. The highest BCUT2D eigenvalue weighted by molar-refractivity contribution is 6.31. The molecule has 3 rings (SSSR count). The SMILES string of the molecule is CC1(C)C(=O)N(Cc2ccccc2Cl)OC1c1ccc([N+](=O)[O-])cc1. The van der Waals surface area contributed by atoms with Crippen molar-refractivity contribution in [2.45, 2.75) is 26.5 Å². The van der Waals surface area contributed by atoms with E-state index in [4.69, 9.17) is 16.4 Å². The molecule has 6 nitrogen and oxygen atoms in total. The van der Waals surface area contributed by atoms with E-state index in [2.05, 4.69) is 0 Å². The molecule has 0 radical (unpaired) electrons. The second-order valence-corrected chi connectivity index (χ2v) is 6.90. The molecule has 130 valence electrons. The molecule has 0 aliphatic carbocycles. The number of amides is 1. The lowest BCUT2D eigenvalue weighted by Gasteiger charge is -2.20. The van der Waals surface area contributed by atoms with Crippen molar-refractivity contribution in [2.75, 3.05) is 0 Å². The molecule has 0 N–H and O–H groups in total. The molecule has 1 unspecified atom stereocenters. The zero-order chi connectivity index (χ0) is 18.2. The topological polar surface area (TPSA) is 72.7 Å². The maximum Gasteiger partial charge on any atom is 0.269 e. The third-order valence-electron chi connectivity index (χ3n) is 4.34. The van der Waals surface area contributed by atoms with Crippen LogP contribution in [0.25, 0.3) is 0 Å². The quantitative estimate of drug-likeness (QED) is 0.602. The third-order valence-corrected chi connectivity index (χ3v) is 4.71. The molecule has 7 heteroatoms. The molecule has 2 aromatic rings. The highest BCUT2D eigenvalue weighted by Crippen LogP contribution is 2.45. The maximum atomic E-state index is 12.8. The summed E-state index contributed by atoms with van der Waals surface area (Å²) in [7, 11) is 0. The molecule has 1 saturated heterocycles. The molecule has 1 heterocycles. The largest absolute Gasteiger partial charge is 0.272 e. The Morgan fingerprint density at radius 2 is 1.84 bits per heavy atom. The number of non-ortho nitro benzene ring substituents is 1. The summed E-state index contributed by atoms with van der Waals surface area (Å²) in [6.45, 7) is 3.84. The van der Waals surface area contributed by atoms with E-state index in [1.807, 2.05) is 18.2 Å². The van der Waals surface area contributed by atoms with Gasteiger partial charge in [0.2, 0.25) is 0 Å². The van der Waals surface area contributed by atoms with Gasteiger partial charge in [-0.1, -0.05) is 29.8 Å². The van der Waals surface area contributed by atoms with Gasteiger partial charge in [0, 0.05) is 17.2 Å². The van der Waals surface area contributed by atoms with Crippen LogP contribution in [0.3, 0.4) is 0 Å². The van der Waals surface area contributed by atoms with Crippen molar-refractivity contribution in [3.05, 3.63) is 74.8 Å². The molecule has 1 aliphatic heterocycles. The number of carbonyl (C=O) groups excluding carboxylic acids is 1. The van der Waals surface area contributed by atoms with Crippen molar-refractivity contribution in [3.63, 3.8) is 0 Å². The number of nitro benzene ring substituents is 1. The van der Waals surface area contributed by atoms with Gasteiger partial charge in [0.25, 0.3) is 11.6 Å². The van der Waals surface area contributed by atoms with E-state index in [1.54, 1.807) is 32.0 Å². The summed E-state index contributed by atoms with van der Waals surface area (Å²) in [6, 6.07) is 13.3. The van der Waals surface area contributed by atoms with Crippen LogP contribution in [0, 0.1) is 15.5 Å². The summed E-state index contributed by atoms with van der Waals surface area (Å²) in [6.07, 6.45) is -0.525. The van der Waals surface area contributed by atoms with Crippen LogP contribution in [-0.2, 0) is 16.2 Å². The lowest BCUT2D eigenvalue weighted by molar-refractivity contribution is -0.384. The number of nitro groups is 1. The maximum absolute atomic E-state index is 12.8. The van der Waals surface area contributed by atoms with Gasteiger partial charge in [-0.15, -0.1) is 0 Å². The Balaban J connectivity index is 1.85. The first-order chi connectivity index (χ1) is 11.8. The van der Waals surface area contributed by atoms with Gasteiger partial charge >= 0.3 is 0 Å². The number of carbonyl (C=O) groups is 1. The van der Waals surface area contributed by atoms with Crippen molar-refractivity contribution in [3.8, 4) is 0 Å². The van der Waals surface area contributed by atoms with Crippen molar-refractivity contribution in [2.24, 2.45) is 5.41 Å². The standard InChI is InChI=1S/C18H17ClN2O4/c1-18(2)16(12-7-9-14(10-8-12)21(23)24)25-20(17(18)22)11-13-5-3-4-6-15(13)19/h3-10,16H,11H2,1-2H3. The Morgan fingerprint density at radius 3 is 2.44 bits per heavy atom. The number of hydrogen-bond acceptors (Lipinski definition) is 4. The van der Waals surface area contributed by atoms with Crippen LogP contribution >= 0.6 is 11.6 Å². The number of nitrogens with zero attached hydrogens (tertiary/aromatic N) is 2. The lowest BCUT2D eigenvalue weighted by atomic mass is 9.82. The predicted octanol–water partition coefficient (Wildman–Crippen LogP) is 4.29. The number of hydroxylamine groups is 2. The summed E-state index contributed by atoms with van der Waals surface area (Å²) in [5, 5.41) is 12.7. The van der Waals surface area contributed by atoms with Gasteiger partial charge in [0.1, 0.15) is 6.10 Å². The van der Waals surface area contributed by atoms with Crippen molar-refractivity contribution in [1.82, 2.24) is 5.06 Å². The fourth-order valence-electron chi connectivity index (χ4n) is 2.88. The Morgan fingerprint density at radius 1 is 1.20 bits per heavy atom. The summed E-state index contributed by atoms with van der Waals surface area (Å²) in [5.74, 6) is -0.157. The van der Waals surface area contributed by atoms with E-state index in [-0.39, 0.29) is 18.1 Å². The van der Waals surface area contributed by atoms with Gasteiger partial charge in [0.15, 0.2) is 0 Å². The van der Waals surface area contributed by atoms with Crippen LogP contribution in [0.15, 0.2) is 48.5 Å². The average Bonchev–Trinajstić information content (AvgIpc) is 2.80. The van der Waals surface area contributed by atoms with Gasteiger partial charge in [0.05, 0.1) is 16.9 Å². The highest BCUT2D eigenvalue weighted by Gasteiger charge is 2.49. The molecular weight excluding hydrogens is 344 g/mol. The first-order valence-electron chi connectivity index (χ1n) is 7.77. The van der Waals surface area contributed by atoms with Crippen LogP contribution < -0.4 is 0 Å². The summed E-state index contributed by atoms with van der Waals surface area (Å²) < 4.78 is 0. The summed E-state index contributed by atoms with van der Waals surface area (Å²) in [4.78, 5) is 29.0. The zero-order valence-electron chi connectivity index (χ0n) is 13.8. The molecule has 25 heavy (non-hydrogen) atoms. The number of rotatable bonds is 4. The fraction of sp³-hybridized carbons (Fsp3) is 0.278. The van der Waals surface area contributed by atoms with Gasteiger partial charge in [-0.3, -0.25) is 19.7 Å². The van der Waals surface area contributed by atoms with Crippen molar-refractivity contribution < 1.29 is 14.6 Å². The minimum atomic E-state index is -0.794. The van der Waals surface area contributed by atoms with E-state index < -0.39 is 16.4 Å². The Bertz CT molecular complexity index is 820. The van der Waals surface area contributed by atoms with Gasteiger partial charge < -0.3 is 0 Å². The second kappa shape index (κ2) is 6.46. The molecule has 1 amide bonds. The van der Waals surface area contributed by atoms with Gasteiger partial charge in [-0.05, 0) is 43.2 Å². The van der Waals surface area contributed by atoms with E-state index >= 15 is 0 Å². The first-order valence-corrected chi connectivity index (χ1v) is 8.15. The number of halogens is 1. The molecular formula is C18H17ClN2O4. The molecule has 0 aromatic heterocycles. The second-order valence-electron chi connectivity index (χ2n) is 6.49. The predicted molar refractivity (Wildman–Crippen MR) is 92.7 cm³/mol. The summed E-state index contributed by atoms with van der Waals surface area (Å²) in [5.41, 5.74) is 0.708. The molecule has 1 atom stereocenters. The minimum Gasteiger partial charge on any atom is -0.272 e. The molecule has 0 bridgehead atoms. The monoisotopic (exact) mass is 360 g/mol. The number of hydrogen-bond donors (Lipinski definition) is 0. The van der Waals surface area contributed by atoms with E-state index in [0.717, 1.165) is 5.56 Å². The van der Waals surface area contributed by atoms with Gasteiger partial charge in [-0.25, -0.2) is 5.06 Å². The van der Waals surface area contributed by atoms with E-state index in [0.29, 0.717) is 10.6 Å². The van der Waals surface area contributed by atoms with E-state index in [1.165, 1.54) is 17.2 Å². The van der Waals surface area contributed by atoms with Crippen LogP contribution in [0.4, 0.5) is 5.69 Å². The van der Waals surface area contributed by atoms with Crippen LogP contribution in [0.2, 0.25) is 5.02 Å².